The van der Waals surface area contributed by atoms with E-state index in [1.165, 1.54) is 23.2 Å². The van der Waals surface area contributed by atoms with E-state index in [1.807, 2.05) is 24.3 Å². The Labute approximate surface area is 168 Å². The molecule has 0 fully saturated rings. The van der Waals surface area contributed by atoms with Gasteiger partial charge in [-0.2, -0.15) is 4.98 Å². The summed E-state index contributed by atoms with van der Waals surface area (Å²) in [6.45, 7) is 3.01. The van der Waals surface area contributed by atoms with Crippen LogP contribution in [0.5, 0.6) is 0 Å². The van der Waals surface area contributed by atoms with Gasteiger partial charge in [0.25, 0.3) is 0 Å². The van der Waals surface area contributed by atoms with E-state index < -0.39 is 0 Å². The Hall–Kier alpha value is -3.74. The van der Waals surface area contributed by atoms with Crippen LogP contribution in [-0.4, -0.2) is 26.5 Å². The molecule has 4 aromatic rings. The summed E-state index contributed by atoms with van der Waals surface area (Å²) in [5.74, 6) is 1.87. The van der Waals surface area contributed by atoms with Crippen LogP contribution < -0.4 is 10.2 Å². The highest BCUT2D eigenvalue weighted by Crippen LogP contribution is 2.32. The summed E-state index contributed by atoms with van der Waals surface area (Å²) in [6.07, 6.45) is 6.82. The van der Waals surface area contributed by atoms with Gasteiger partial charge in [0.15, 0.2) is 12.2 Å². The molecule has 0 bridgehead atoms. The van der Waals surface area contributed by atoms with Gasteiger partial charge in [0.1, 0.15) is 6.33 Å². The van der Waals surface area contributed by atoms with Crippen LogP contribution in [0.3, 0.4) is 0 Å². The topological polar surface area (TPSA) is 80.0 Å². The van der Waals surface area contributed by atoms with Gasteiger partial charge in [-0.25, -0.2) is 15.0 Å². The molecular weight excluding hydrogens is 364 g/mol. The van der Waals surface area contributed by atoms with Crippen molar-refractivity contribution in [2.24, 2.45) is 0 Å². The zero-order chi connectivity index (χ0) is 19.6. The van der Waals surface area contributed by atoms with Crippen LogP contribution in [0.15, 0.2) is 65.8 Å². The molecule has 144 valence electrons. The lowest BCUT2D eigenvalue weighted by Crippen LogP contribution is -2.26. The summed E-state index contributed by atoms with van der Waals surface area (Å²) in [6, 6.07) is 14.4. The first-order chi connectivity index (χ1) is 14.3. The number of oxazole rings is 1. The monoisotopic (exact) mass is 384 g/mol. The molecule has 2 aromatic heterocycles. The van der Waals surface area contributed by atoms with E-state index in [2.05, 4.69) is 55.3 Å². The molecule has 0 radical (unpaired) electrons. The van der Waals surface area contributed by atoms with Crippen LogP contribution in [-0.2, 0) is 6.42 Å². The molecule has 0 aliphatic carbocycles. The van der Waals surface area contributed by atoms with Crippen molar-refractivity contribution < 1.29 is 4.42 Å². The lowest BCUT2D eigenvalue weighted by molar-refractivity contribution is 0.572. The molecule has 29 heavy (non-hydrogen) atoms. The number of nitrogens with one attached hydrogen (secondary N) is 1. The Morgan fingerprint density at radius 2 is 2.07 bits per heavy atom. The van der Waals surface area contributed by atoms with Crippen LogP contribution in [0.4, 0.5) is 23.3 Å². The Morgan fingerprint density at radius 1 is 1.10 bits per heavy atom. The fourth-order valence-corrected chi connectivity index (χ4v) is 3.65. The maximum atomic E-state index is 5.38. The molecule has 7 nitrogen and oxygen atoms in total. The van der Waals surface area contributed by atoms with E-state index in [-0.39, 0.29) is 0 Å². The van der Waals surface area contributed by atoms with E-state index in [0.29, 0.717) is 17.7 Å². The lowest BCUT2D eigenvalue weighted by Gasteiger charge is -2.29. The van der Waals surface area contributed by atoms with Gasteiger partial charge < -0.3 is 14.6 Å². The van der Waals surface area contributed by atoms with Crippen molar-refractivity contribution in [1.29, 1.82) is 0 Å². The molecule has 2 aromatic carbocycles. The Morgan fingerprint density at radius 3 is 2.97 bits per heavy atom. The quantitative estimate of drug-likeness (QED) is 0.548. The number of benzene rings is 2. The largest absolute Gasteiger partial charge is 0.444 e. The molecule has 0 unspecified atom stereocenters. The average molecular weight is 384 g/mol. The minimum Gasteiger partial charge on any atom is -0.444 e. The van der Waals surface area contributed by atoms with E-state index in [0.717, 1.165) is 30.6 Å². The van der Waals surface area contributed by atoms with Crippen molar-refractivity contribution in [2.45, 2.75) is 19.8 Å². The van der Waals surface area contributed by atoms with Crippen molar-refractivity contribution in [2.75, 3.05) is 16.8 Å². The van der Waals surface area contributed by atoms with Gasteiger partial charge >= 0.3 is 0 Å². The van der Waals surface area contributed by atoms with Crippen molar-refractivity contribution in [1.82, 2.24) is 19.9 Å². The van der Waals surface area contributed by atoms with Crippen LogP contribution in [0.1, 0.15) is 17.5 Å². The predicted octanol–water partition coefficient (Wildman–Crippen LogP) is 4.66. The van der Waals surface area contributed by atoms with Gasteiger partial charge in [-0.1, -0.05) is 29.8 Å². The molecule has 1 aliphatic heterocycles. The molecule has 0 saturated carbocycles. The summed E-state index contributed by atoms with van der Waals surface area (Å²) >= 11 is 0. The molecular formula is C22H20N6O. The number of hydrogen-bond acceptors (Lipinski definition) is 7. The van der Waals surface area contributed by atoms with Gasteiger partial charge in [0, 0.05) is 23.5 Å². The van der Waals surface area contributed by atoms with E-state index in [1.54, 1.807) is 12.5 Å². The molecule has 1 N–H and O–H groups in total. The highest BCUT2D eigenvalue weighted by Gasteiger charge is 2.20. The van der Waals surface area contributed by atoms with Crippen molar-refractivity contribution in [3.05, 3.63) is 72.5 Å². The van der Waals surface area contributed by atoms with Crippen LogP contribution in [0.25, 0.3) is 11.3 Å². The zero-order valence-electron chi connectivity index (χ0n) is 16.0. The van der Waals surface area contributed by atoms with Crippen LogP contribution in [0.2, 0.25) is 0 Å². The number of aryl methyl sites for hydroxylation is 2. The molecule has 7 heteroatoms. The summed E-state index contributed by atoms with van der Waals surface area (Å²) in [5, 5.41) is 3.27. The maximum absolute atomic E-state index is 5.38. The van der Waals surface area contributed by atoms with E-state index >= 15 is 0 Å². The first-order valence-corrected chi connectivity index (χ1v) is 9.58. The molecule has 0 spiro atoms. The summed E-state index contributed by atoms with van der Waals surface area (Å²) in [5.41, 5.74) is 5.58. The third-order valence-corrected chi connectivity index (χ3v) is 4.99. The predicted molar refractivity (Wildman–Crippen MR) is 112 cm³/mol. The molecule has 0 amide bonds. The first-order valence-electron chi connectivity index (χ1n) is 9.58. The number of hydrogen-bond donors (Lipinski definition) is 1. The molecule has 5 rings (SSSR count). The highest BCUT2D eigenvalue weighted by atomic mass is 16.3. The zero-order valence-corrected chi connectivity index (χ0v) is 16.0. The first kappa shape index (κ1) is 17.4. The number of fused-ring (bicyclic) bond motifs is 1. The van der Waals surface area contributed by atoms with Crippen LogP contribution in [0, 0.1) is 6.92 Å². The Kier molecular flexibility index (Phi) is 4.40. The molecule has 3 heterocycles. The normalized spacial score (nSPS) is 13.2. The SMILES string of the molecule is Cc1ccc2c(c1)CCCN2c1ncnc(Nc2cccc(-c3cnco3)c2)n1. The summed E-state index contributed by atoms with van der Waals surface area (Å²) in [7, 11) is 0. The number of anilines is 4. The molecule has 0 atom stereocenters. The van der Waals surface area contributed by atoms with Crippen LogP contribution >= 0.6 is 0 Å². The molecule has 1 aliphatic rings. The highest BCUT2D eigenvalue weighted by molar-refractivity contribution is 5.67. The van der Waals surface area contributed by atoms with Gasteiger partial charge in [-0.05, 0) is 43.5 Å². The Balaban J connectivity index is 1.42. The second kappa shape index (κ2) is 7.35. The number of aromatic nitrogens is 4. The third-order valence-electron chi connectivity index (χ3n) is 4.99. The minimum absolute atomic E-state index is 0.504. The second-order valence-corrected chi connectivity index (χ2v) is 7.07. The number of rotatable bonds is 4. The fraction of sp³-hybridized carbons (Fsp3) is 0.182. The molecule has 0 saturated heterocycles. The van der Waals surface area contributed by atoms with Crippen molar-refractivity contribution in [3.8, 4) is 11.3 Å². The third kappa shape index (κ3) is 3.54. The second-order valence-electron chi connectivity index (χ2n) is 7.07. The Bertz CT molecular complexity index is 1140. The van der Waals surface area contributed by atoms with Crippen molar-refractivity contribution >= 4 is 23.3 Å². The fourth-order valence-electron chi connectivity index (χ4n) is 3.65. The lowest BCUT2D eigenvalue weighted by atomic mass is 10.00. The average Bonchev–Trinajstić information content (AvgIpc) is 3.28. The van der Waals surface area contributed by atoms with Gasteiger partial charge in [-0.15, -0.1) is 0 Å². The minimum atomic E-state index is 0.504. The van der Waals surface area contributed by atoms with Gasteiger partial charge in [0.05, 0.1) is 6.20 Å². The van der Waals surface area contributed by atoms with E-state index in [9.17, 15) is 0 Å². The van der Waals surface area contributed by atoms with E-state index in [4.69, 9.17) is 4.42 Å². The summed E-state index contributed by atoms with van der Waals surface area (Å²) < 4.78 is 5.38. The standard InChI is InChI=1S/C22H20N6O/c1-15-7-8-19-16(10-15)5-3-9-28(19)22-25-13-24-21(27-22)26-18-6-2-4-17(11-18)20-12-23-14-29-20/h2,4,6-8,10-14H,3,5,9H2,1H3,(H,24,25,26,27). The van der Waals surface area contributed by atoms with Gasteiger partial charge in [-0.3, -0.25) is 0 Å². The smallest absolute Gasteiger partial charge is 0.234 e. The van der Waals surface area contributed by atoms with Crippen molar-refractivity contribution in [3.63, 3.8) is 0 Å². The van der Waals surface area contributed by atoms with Gasteiger partial charge in [0.2, 0.25) is 11.9 Å². The number of nitrogens with zero attached hydrogens (tertiary/aromatic N) is 5. The maximum Gasteiger partial charge on any atom is 0.234 e. The summed E-state index contributed by atoms with van der Waals surface area (Å²) in [4.78, 5) is 19.5.